The van der Waals surface area contributed by atoms with E-state index < -0.39 is 18.0 Å². The van der Waals surface area contributed by atoms with E-state index >= 15 is 0 Å². The Labute approximate surface area is 177 Å². The van der Waals surface area contributed by atoms with E-state index in [1.165, 1.54) is 19.3 Å². The van der Waals surface area contributed by atoms with Gasteiger partial charge < -0.3 is 19.0 Å². The maximum absolute atomic E-state index is 12.4. The maximum Gasteiger partial charge on any atom is 0.349 e. The van der Waals surface area contributed by atoms with Crippen LogP contribution in [0.1, 0.15) is 49.9 Å². The number of hydrogen-bond donors (Lipinski definition) is 1. The molecule has 160 valence electrons. The zero-order valence-electron chi connectivity index (χ0n) is 18.2. The molecule has 0 spiro atoms. The minimum absolute atomic E-state index is 0.148. The van der Waals surface area contributed by atoms with Gasteiger partial charge in [-0.25, -0.2) is 4.79 Å². The molecule has 2 rings (SSSR count). The average Bonchev–Trinajstić information content (AvgIpc) is 3.30. The van der Waals surface area contributed by atoms with E-state index in [2.05, 4.69) is 23.7 Å². The number of aryl methyl sites for hydroxylation is 1. The van der Waals surface area contributed by atoms with Crippen LogP contribution in [-0.2, 0) is 27.4 Å². The Morgan fingerprint density at radius 3 is 2.67 bits per heavy atom. The Kier molecular flexibility index (Phi) is 8.05. The summed E-state index contributed by atoms with van der Waals surface area (Å²) in [6.45, 7) is 10.8. The molecule has 1 amide bonds. The second kappa shape index (κ2) is 10.5. The Balaban J connectivity index is 2.05. The van der Waals surface area contributed by atoms with Crippen LogP contribution in [0.4, 0.5) is 0 Å². The fraction of sp³-hybridized carbons (Fsp3) is 0.435. The van der Waals surface area contributed by atoms with Gasteiger partial charge in [0.05, 0.1) is 12.8 Å². The van der Waals surface area contributed by atoms with Crippen LogP contribution >= 0.6 is 0 Å². The van der Waals surface area contributed by atoms with E-state index in [-0.39, 0.29) is 12.1 Å². The number of furan rings is 1. The lowest BCUT2D eigenvalue weighted by Gasteiger charge is -2.13. The highest BCUT2D eigenvalue weighted by atomic mass is 16.5. The first-order chi connectivity index (χ1) is 14.2. The summed E-state index contributed by atoms with van der Waals surface area (Å²) in [5, 5.41) is 12.1. The molecule has 0 bridgehead atoms. The van der Waals surface area contributed by atoms with Crippen molar-refractivity contribution < 1.29 is 18.7 Å². The molecule has 0 aliphatic carbocycles. The van der Waals surface area contributed by atoms with Crippen molar-refractivity contribution in [1.29, 1.82) is 5.26 Å². The molecule has 2 heterocycles. The molecular formula is C23H29N3O4. The minimum Gasteiger partial charge on any atom is -0.467 e. The Morgan fingerprint density at radius 1 is 1.33 bits per heavy atom. The summed E-state index contributed by atoms with van der Waals surface area (Å²) in [7, 11) is 0. The van der Waals surface area contributed by atoms with Gasteiger partial charge in [0.2, 0.25) is 0 Å². The minimum atomic E-state index is -1.04. The second-order valence-electron chi connectivity index (χ2n) is 7.68. The van der Waals surface area contributed by atoms with Gasteiger partial charge in [-0.05, 0) is 62.9 Å². The van der Waals surface area contributed by atoms with Crippen molar-refractivity contribution in [3.63, 3.8) is 0 Å². The van der Waals surface area contributed by atoms with E-state index in [9.17, 15) is 14.9 Å². The standard InChI is InChI=1S/C23H29N3O4/c1-15(2)8-9-26-16(3)11-19(17(26)4)12-20(13-24)23(28)30-18(5)22(27)25-14-21-7-6-10-29-21/h6-7,10-12,15,18H,8-9,14H2,1-5H3,(H,25,27)/b20-12+. The van der Waals surface area contributed by atoms with Crippen LogP contribution in [0.25, 0.3) is 6.08 Å². The Bertz CT molecular complexity index is 946. The molecule has 7 heteroatoms. The van der Waals surface area contributed by atoms with Crippen LogP contribution in [0.15, 0.2) is 34.5 Å². The number of esters is 1. The number of hydrogen-bond acceptors (Lipinski definition) is 5. The summed E-state index contributed by atoms with van der Waals surface area (Å²) in [5.41, 5.74) is 2.69. The van der Waals surface area contributed by atoms with E-state index in [0.29, 0.717) is 11.7 Å². The highest BCUT2D eigenvalue weighted by Crippen LogP contribution is 2.20. The molecule has 2 aromatic heterocycles. The largest absolute Gasteiger partial charge is 0.467 e. The van der Waals surface area contributed by atoms with Crippen LogP contribution in [0.3, 0.4) is 0 Å². The molecule has 0 aromatic carbocycles. The summed E-state index contributed by atoms with van der Waals surface area (Å²) in [4.78, 5) is 24.6. The van der Waals surface area contributed by atoms with Gasteiger partial charge in [-0.15, -0.1) is 0 Å². The SMILES string of the molecule is Cc1cc(/C=C(\C#N)C(=O)OC(C)C(=O)NCc2ccco2)c(C)n1CCC(C)C. The fourth-order valence-corrected chi connectivity index (χ4v) is 3.01. The van der Waals surface area contributed by atoms with Crippen molar-refractivity contribution in [3.05, 3.63) is 52.7 Å². The van der Waals surface area contributed by atoms with Gasteiger partial charge in [-0.3, -0.25) is 4.79 Å². The number of rotatable bonds is 9. The fourth-order valence-electron chi connectivity index (χ4n) is 3.01. The van der Waals surface area contributed by atoms with E-state index in [1.54, 1.807) is 12.1 Å². The molecule has 2 aromatic rings. The van der Waals surface area contributed by atoms with E-state index in [0.717, 1.165) is 29.9 Å². The number of nitrogens with zero attached hydrogens (tertiary/aromatic N) is 2. The number of carbonyl (C=O) groups excluding carboxylic acids is 2. The molecule has 0 fully saturated rings. The van der Waals surface area contributed by atoms with Gasteiger partial charge in [0, 0.05) is 17.9 Å². The number of aromatic nitrogens is 1. The first kappa shape index (κ1) is 23.0. The summed E-state index contributed by atoms with van der Waals surface area (Å²) in [6.07, 6.45) is 3.03. The third-order valence-electron chi connectivity index (χ3n) is 4.85. The summed E-state index contributed by atoms with van der Waals surface area (Å²) >= 11 is 0. The molecule has 30 heavy (non-hydrogen) atoms. The second-order valence-corrected chi connectivity index (χ2v) is 7.68. The van der Waals surface area contributed by atoms with Crippen molar-refractivity contribution in [2.45, 2.75) is 60.2 Å². The molecule has 0 aliphatic rings. The van der Waals surface area contributed by atoms with Gasteiger partial charge in [0.1, 0.15) is 17.4 Å². The van der Waals surface area contributed by atoms with Crippen molar-refractivity contribution >= 4 is 18.0 Å². The van der Waals surface area contributed by atoms with Crippen molar-refractivity contribution in [3.8, 4) is 6.07 Å². The predicted molar refractivity (Wildman–Crippen MR) is 113 cm³/mol. The van der Waals surface area contributed by atoms with Crippen LogP contribution in [0.2, 0.25) is 0 Å². The van der Waals surface area contributed by atoms with Crippen LogP contribution < -0.4 is 5.32 Å². The summed E-state index contributed by atoms with van der Waals surface area (Å²) in [6, 6.07) is 7.27. The smallest absolute Gasteiger partial charge is 0.349 e. The number of nitrogens with one attached hydrogen (secondary N) is 1. The number of amides is 1. The number of nitriles is 1. The van der Waals surface area contributed by atoms with Crippen molar-refractivity contribution in [2.75, 3.05) is 0 Å². The molecule has 1 atom stereocenters. The van der Waals surface area contributed by atoms with Gasteiger partial charge in [0.25, 0.3) is 5.91 Å². The first-order valence-electron chi connectivity index (χ1n) is 10.0. The maximum atomic E-state index is 12.4. The topological polar surface area (TPSA) is 97.3 Å². The average molecular weight is 412 g/mol. The Hall–Kier alpha value is -3.27. The van der Waals surface area contributed by atoms with Crippen LogP contribution in [0, 0.1) is 31.1 Å². The van der Waals surface area contributed by atoms with Crippen molar-refractivity contribution in [1.82, 2.24) is 9.88 Å². The lowest BCUT2D eigenvalue weighted by atomic mass is 10.1. The van der Waals surface area contributed by atoms with Crippen LogP contribution in [0.5, 0.6) is 0 Å². The quantitative estimate of drug-likeness (QED) is 0.383. The molecule has 1 N–H and O–H groups in total. The number of carbonyl (C=O) groups is 2. The van der Waals surface area contributed by atoms with Crippen molar-refractivity contribution in [2.24, 2.45) is 5.92 Å². The molecule has 0 saturated carbocycles. The zero-order chi connectivity index (χ0) is 22.3. The monoisotopic (exact) mass is 411 g/mol. The lowest BCUT2D eigenvalue weighted by Crippen LogP contribution is -2.35. The zero-order valence-corrected chi connectivity index (χ0v) is 18.2. The molecular weight excluding hydrogens is 382 g/mol. The lowest BCUT2D eigenvalue weighted by molar-refractivity contribution is -0.150. The molecule has 0 saturated heterocycles. The molecule has 0 radical (unpaired) electrons. The van der Waals surface area contributed by atoms with Gasteiger partial charge in [0.15, 0.2) is 6.10 Å². The van der Waals surface area contributed by atoms with E-state index in [4.69, 9.17) is 9.15 Å². The van der Waals surface area contributed by atoms with Crippen LogP contribution in [-0.4, -0.2) is 22.5 Å². The molecule has 1 unspecified atom stereocenters. The summed E-state index contributed by atoms with van der Waals surface area (Å²) in [5.74, 6) is -0.128. The third-order valence-corrected chi connectivity index (χ3v) is 4.85. The third kappa shape index (κ3) is 6.11. The Morgan fingerprint density at radius 2 is 2.07 bits per heavy atom. The predicted octanol–water partition coefficient (Wildman–Crippen LogP) is 3.90. The highest BCUT2D eigenvalue weighted by Gasteiger charge is 2.21. The van der Waals surface area contributed by atoms with E-state index in [1.807, 2.05) is 26.0 Å². The normalized spacial score (nSPS) is 12.5. The van der Waals surface area contributed by atoms with Gasteiger partial charge in [-0.2, -0.15) is 5.26 Å². The first-order valence-corrected chi connectivity index (χ1v) is 10.0. The summed E-state index contributed by atoms with van der Waals surface area (Å²) < 4.78 is 12.5. The number of ether oxygens (including phenoxy) is 1. The molecule has 7 nitrogen and oxygen atoms in total. The highest BCUT2D eigenvalue weighted by molar-refractivity contribution is 5.99. The van der Waals surface area contributed by atoms with Gasteiger partial charge >= 0.3 is 5.97 Å². The van der Waals surface area contributed by atoms with Gasteiger partial charge in [-0.1, -0.05) is 13.8 Å². The molecule has 0 aliphatic heterocycles.